The smallest absolute Gasteiger partial charge is 0.222 e. The molecule has 4 heteroatoms. The fourth-order valence-corrected chi connectivity index (χ4v) is 1.78. The third-order valence-electron chi connectivity index (χ3n) is 2.69. The van der Waals surface area contributed by atoms with Crippen molar-refractivity contribution >= 4 is 5.91 Å². The summed E-state index contributed by atoms with van der Waals surface area (Å²) in [5.74, 6) is 0.102. The maximum Gasteiger partial charge on any atom is 0.222 e. The van der Waals surface area contributed by atoms with Crippen molar-refractivity contribution in [3.05, 3.63) is 0 Å². The normalized spacial score (nSPS) is 28.1. The summed E-state index contributed by atoms with van der Waals surface area (Å²) in [6, 6.07) is 0.242. The van der Waals surface area contributed by atoms with Crippen LogP contribution in [0, 0.1) is 0 Å². The van der Waals surface area contributed by atoms with E-state index in [9.17, 15) is 4.79 Å². The Morgan fingerprint density at radius 1 is 1.36 bits per heavy atom. The van der Waals surface area contributed by atoms with E-state index in [0.29, 0.717) is 19.6 Å². The molecule has 14 heavy (non-hydrogen) atoms. The van der Waals surface area contributed by atoms with Gasteiger partial charge in [0, 0.05) is 6.61 Å². The molecule has 80 valence electrons. The molecular formula is C10H17NO3. The highest BCUT2D eigenvalue weighted by atomic mass is 16.5. The van der Waals surface area contributed by atoms with Crippen LogP contribution >= 0.6 is 0 Å². The Labute approximate surface area is 84.0 Å². The SMILES string of the molecule is O=C(CC1CCCCO1)NC1COC1. The number of hydrogen-bond donors (Lipinski definition) is 1. The van der Waals surface area contributed by atoms with E-state index in [4.69, 9.17) is 9.47 Å². The van der Waals surface area contributed by atoms with Gasteiger partial charge >= 0.3 is 0 Å². The molecular weight excluding hydrogens is 182 g/mol. The highest BCUT2D eigenvalue weighted by Crippen LogP contribution is 2.15. The molecule has 2 heterocycles. The molecule has 0 spiro atoms. The summed E-state index contributed by atoms with van der Waals surface area (Å²) in [6.45, 7) is 2.14. The maximum atomic E-state index is 11.5. The molecule has 0 aromatic carbocycles. The van der Waals surface area contributed by atoms with Gasteiger partial charge in [0.15, 0.2) is 0 Å². The molecule has 2 aliphatic heterocycles. The molecule has 1 unspecified atom stereocenters. The van der Waals surface area contributed by atoms with Gasteiger partial charge in [-0.15, -0.1) is 0 Å². The highest BCUT2D eigenvalue weighted by Gasteiger charge is 2.23. The second-order valence-corrected chi connectivity index (χ2v) is 3.99. The van der Waals surface area contributed by atoms with Crippen molar-refractivity contribution in [2.24, 2.45) is 0 Å². The number of amides is 1. The molecule has 0 saturated carbocycles. The fourth-order valence-electron chi connectivity index (χ4n) is 1.78. The molecule has 1 amide bonds. The molecule has 1 N–H and O–H groups in total. The summed E-state index contributed by atoms with van der Waals surface area (Å²) in [7, 11) is 0. The summed E-state index contributed by atoms with van der Waals surface area (Å²) in [5, 5.41) is 2.92. The third-order valence-corrected chi connectivity index (χ3v) is 2.69. The molecule has 2 fully saturated rings. The summed E-state index contributed by atoms with van der Waals surface area (Å²) in [5.41, 5.74) is 0. The van der Waals surface area contributed by atoms with Crippen molar-refractivity contribution in [1.29, 1.82) is 0 Å². The average molecular weight is 199 g/mol. The predicted octanol–water partition coefficient (Wildman–Crippen LogP) is 0.461. The van der Waals surface area contributed by atoms with E-state index >= 15 is 0 Å². The van der Waals surface area contributed by atoms with Gasteiger partial charge in [0.1, 0.15) is 0 Å². The van der Waals surface area contributed by atoms with Gasteiger partial charge in [0.2, 0.25) is 5.91 Å². The first-order chi connectivity index (χ1) is 6.84. The second-order valence-electron chi connectivity index (χ2n) is 3.99. The van der Waals surface area contributed by atoms with Gasteiger partial charge in [-0.05, 0) is 19.3 Å². The lowest BCUT2D eigenvalue weighted by Gasteiger charge is -2.28. The summed E-state index contributed by atoms with van der Waals surface area (Å²) in [6.07, 6.45) is 3.99. The van der Waals surface area contributed by atoms with Gasteiger partial charge in [-0.3, -0.25) is 4.79 Å². The molecule has 1 atom stereocenters. The summed E-state index contributed by atoms with van der Waals surface area (Å²) >= 11 is 0. The highest BCUT2D eigenvalue weighted by molar-refractivity contribution is 5.76. The topological polar surface area (TPSA) is 47.6 Å². The predicted molar refractivity (Wildman–Crippen MR) is 51.0 cm³/mol. The van der Waals surface area contributed by atoms with E-state index in [1.165, 1.54) is 6.42 Å². The van der Waals surface area contributed by atoms with Crippen molar-refractivity contribution in [2.75, 3.05) is 19.8 Å². The first-order valence-electron chi connectivity index (χ1n) is 5.33. The molecule has 0 bridgehead atoms. The standard InChI is InChI=1S/C10H17NO3/c12-10(11-8-6-13-7-8)5-9-3-1-2-4-14-9/h8-9H,1-7H2,(H,11,12). The zero-order valence-electron chi connectivity index (χ0n) is 8.33. The van der Waals surface area contributed by atoms with Gasteiger partial charge in [-0.25, -0.2) is 0 Å². The van der Waals surface area contributed by atoms with Gasteiger partial charge < -0.3 is 14.8 Å². The van der Waals surface area contributed by atoms with Crippen molar-refractivity contribution < 1.29 is 14.3 Å². The molecule has 2 rings (SSSR count). The van der Waals surface area contributed by atoms with Gasteiger partial charge in [0.25, 0.3) is 0 Å². The van der Waals surface area contributed by atoms with E-state index in [1.807, 2.05) is 0 Å². The molecule has 0 aromatic heterocycles. The number of rotatable bonds is 3. The summed E-state index contributed by atoms with van der Waals surface area (Å²) in [4.78, 5) is 11.5. The second kappa shape index (κ2) is 4.75. The van der Waals surface area contributed by atoms with Crippen molar-refractivity contribution in [1.82, 2.24) is 5.32 Å². The Kier molecular flexibility index (Phi) is 3.37. The Bertz CT molecular complexity index is 198. The lowest BCUT2D eigenvalue weighted by molar-refractivity contribution is -0.128. The Balaban J connectivity index is 1.64. The van der Waals surface area contributed by atoms with Gasteiger partial charge in [-0.2, -0.15) is 0 Å². The van der Waals surface area contributed by atoms with E-state index in [2.05, 4.69) is 5.32 Å². The number of carbonyl (C=O) groups is 1. The molecule has 2 aliphatic rings. The van der Waals surface area contributed by atoms with E-state index in [0.717, 1.165) is 19.4 Å². The van der Waals surface area contributed by atoms with Crippen molar-refractivity contribution in [3.8, 4) is 0 Å². The minimum Gasteiger partial charge on any atom is -0.378 e. The molecule has 4 nitrogen and oxygen atoms in total. The van der Waals surface area contributed by atoms with Crippen LogP contribution in [-0.2, 0) is 14.3 Å². The lowest BCUT2D eigenvalue weighted by Crippen LogP contribution is -2.49. The monoisotopic (exact) mass is 199 g/mol. The quantitative estimate of drug-likeness (QED) is 0.718. The van der Waals surface area contributed by atoms with E-state index < -0.39 is 0 Å². The lowest BCUT2D eigenvalue weighted by atomic mass is 10.1. The van der Waals surface area contributed by atoms with Gasteiger partial charge in [-0.1, -0.05) is 0 Å². The van der Waals surface area contributed by atoms with Crippen LogP contribution in [-0.4, -0.2) is 37.9 Å². The molecule has 0 aliphatic carbocycles. The first kappa shape index (κ1) is 9.93. The molecule has 2 saturated heterocycles. The fraction of sp³-hybridized carbons (Fsp3) is 0.900. The molecule has 0 radical (unpaired) electrons. The van der Waals surface area contributed by atoms with Crippen LogP contribution < -0.4 is 5.32 Å². The van der Waals surface area contributed by atoms with E-state index in [1.54, 1.807) is 0 Å². The number of ether oxygens (including phenoxy) is 2. The van der Waals surface area contributed by atoms with Crippen LogP contribution in [0.4, 0.5) is 0 Å². The average Bonchev–Trinajstić information content (AvgIpc) is 2.13. The largest absolute Gasteiger partial charge is 0.378 e. The van der Waals surface area contributed by atoms with Crippen LogP contribution in [0.25, 0.3) is 0 Å². The van der Waals surface area contributed by atoms with Crippen LogP contribution in [0.15, 0.2) is 0 Å². The van der Waals surface area contributed by atoms with Crippen LogP contribution in [0.5, 0.6) is 0 Å². The number of carbonyl (C=O) groups excluding carboxylic acids is 1. The molecule has 0 aromatic rings. The summed E-state index contributed by atoms with van der Waals surface area (Å²) < 4.78 is 10.5. The van der Waals surface area contributed by atoms with E-state index in [-0.39, 0.29) is 18.1 Å². The van der Waals surface area contributed by atoms with Crippen molar-refractivity contribution in [2.45, 2.75) is 37.8 Å². The number of nitrogens with one attached hydrogen (secondary N) is 1. The van der Waals surface area contributed by atoms with Crippen LogP contribution in [0.1, 0.15) is 25.7 Å². The van der Waals surface area contributed by atoms with Crippen LogP contribution in [0.2, 0.25) is 0 Å². The van der Waals surface area contributed by atoms with Crippen LogP contribution in [0.3, 0.4) is 0 Å². The first-order valence-corrected chi connectivity index (χ1v) is 5.33. The van der Waals surface area contributed by atoms with Gasteiger partial charge in [0.05, 0.1) is 31.8 Å². The maximum absolute atomic E-state index is 11.5. The Morgan fingerprint density at radius 3 is 2.79 bits per heavy atom. The number of hydrogen-bond acceptors (Lipinski definition) is 3. The van der Waals surface area contributed by atoms with Crippen molar-refractivity contribution in [3.63, 3.8) is 0 Å². The minimum atomic E-state index is 0.102. The third kappa shape index (κ3) is 2.69. The Morgan fingerprint density at radius 2 is 2.21 bits per heavy atom. The zero-order valence-corrected chi connectivity index (χ0v) is 8.33. The Hall–Kier alpha value is -0.610. The zero-order chi connectivity index (χ0) is 9.80. The minimum absolute atomic E-state index is 0.102.